The summed E-state index contributed by atoms with van der Waals surface area (Å²) in [6.45, 7) is 4.01. The number of benzene rings is 1. The van der Waals surface area contributed by atoms with E-state index in [2.05, 4.69) is 4.98 Å². The number of aromatic nitrogens is 1. The molecule has 0 radical (unpaired) electrons. The lowest BCUT2D eigenvalue weighted by Gasteiger charge is -2.10. The van der Waals surface area contributed by atoms with Gasteiger partial charge in [0.2, 0.25) is 0 Å². The number of hydrogen-bond donors (Lipinski definition) is 2. The van der Waals surface area contributed by atoms with E-state index in [1.807, 2.05) is 13.8 Å². The zero-order valence-electron chi connectivity index (χ0n) is 13.9. The molecule has 1 aromatic carbocycles. The number of aromatic amines is 1. The van der Waals surface area contributed by atoms with Crippen molar-refractivity contribution in [1.82, 2.24) is 4.98 Å². The van der Waals surface area contributed by atoms with Gasteiger partial charge in [-0.2, -0.15) is 18.4 Å². The van der Waals surface area contributed by atoms with E-state index < -0.39 is 22.9 Å². The topological polar surface area (TPSA) is 80.5 Å². The number of rotatable bonds is 3. The lowest BCUT2D eigenvalue weighted by molar-refractivity contribution is -0.137. The molecule has 0 spiro atoms. The second kappa shape index (κ2) is 8.83. The standard InChI is InChI=1S/C13H7F3N2O.C5H11N/c14-13(15,16)10-6-11(8-4-2-1-3-5-8)18-12(19)9(10)7-17;1-3-5(6)4-2/h1-6H,(H,18,19);6H,3-4H2,1-2H3. The second-order valence-corrected chi connectivity index (χ2v) is 5.09. The molecule has 2 N–H and O–H groups in total. The fourth-order valence-electron chi connectivity index (χ4n) is 1.92. The maximum absolute atomic E-state index is 12.8. The molecule has 2 rings (SSSR count). The van der Waals surface area contributed by atoms with E-state index in [4.69, 9.17) is 10.7 Å². The molecule has 0 saturated heterocycles. The second-order valence-electron chi connectivity index (χ2n) is 5.09. The largest absolute Gasteiger partial charge is 0.417 e. The molecular formula is C18H18F3N3O. The summed E-state index contributed by atoms with van der Waals surface area (Å²) in [6, 6.07) is 10.2. The van der Waals surface area contributed by atoms with Crippen molar-refractivity contribution in [3.8, 4) is 17.3 Å². The van der Waals surface area contributed by atoms with Gasteiger partial charge >= 0.3 is 6.18 Å². The van der Waals surface area contributed by atoms with Gasteiger partial charge in [0.15, 0.2) is 0 Å². The number of nitrogens with one attached hydrogen (secondary N) is 2. The van der Waals surface area contributed by atoms with Crippen LogP contribution in [0.2, 0.25) is 0 Å². The minimum absolute atomic E-state index is 0.0249. The minimum Gasteiger partial charge on any atom is -0.321 e. The first kappa shape index (κ1) is 20.2. The highest BCUT2D eigenvalue weighted by atomic mass is 19.4. The molecule has 0 aliphatic carbocycles. The molecule has 0 aliphatic rings. The molecule has 0 fully saturated rings. The lowest BCUT2D eigenvalue weighted by Crippen LogP contribution is -2.19. The Balaban J connectivity index is 0.000000450. The van der Waals surface area contributed by atoms with Gasteiger partial charge in [-0.15, -0.1) is 0 Å². The number of nitrogens with zero attached hydrogens (tertiary/aromatic N) is 1. The average Bonchev–Trinajstić information content (AvgIpc) is 2.60. The molecule has 0 aliphatic heterocycles. The third-order valence-corrected chi connectivity index (χ3v) is 3.39. The van der Waals surface area contributed by atoms with E-state index in [0.717, 1.165) is 24.6 Å². The van der Waals surface area contributed by atoms with E-state index in [-0.39, 0.29) is 5.69 Å². The van der Waals surface area contributed by atoms with E-state index in [1.54, 1.807) is 30.3 Å². The van der Waals surface area contributed by atoms with Crippen molar-refractivity contribution in [2.45, 2.75) is 32.9 Å². The fourth-order valence-corrected chi connectivity index (χ4v) is 1.92. The van der Waals surface area contributed by atoms with E-state index in [9.17, 15) is 18.0 Å². The molecule has 7 heteroatoms. The highest BCUT2D eigenvalue weighted by Crippen LogP contribution is 2.32. The molecule has 0 bridgehead atoms. The van der Waals surface area contributed by atoms with Gasteiger partial charge in [-0.3, -0.25) is 4.79 Å². The van der Waals surface area contributed by atoms with Gasteiger partial charge in [0.25, 0.3) is 5.56 Å². The van der Waals surface area contributed by atoms with Gasteiger partial charge in [0.05, 0.1) is 5.56 Å². The van der Waals surface area contributed by atoms with E-state index in [1.165, 1.54) is 6.07 Å². The maximum atomic E-state index is 12.8. The Kier molecular flexibility index (Phi) is 7.12. The number of halogens is 3. The highest BCUT2D eigenvalue weighted by Gasteiger charge is 2.35. The predicted octanol–water partition coefficient (Wildman–Crippen LogP) is 4.76. The third-order valence-electron chi connectivity index (χ3n) is 3.39. The van der Waals surface area contributed by atoms with Crippen molar-refractivity contribution in [3.63, 3.8) is 0 Å². The summed E-state index contributed by atoms with van der Waals surface area (Å²) in [7, 11) is 0. The van der Waals surface area contributed by atoms with Gasteiger partial charge in [-0.25, -0.2) is 0 Å². The summed E-state index contributed by atoms with van der Waals surface area (Å²) in [5.41, 5.74) is -1.89. The summed E-state index contributed by atoms with van der Waals surface area (Å²) < 4.78 is 38.4. The molecule has 0 amide bonds. The summed E-state index contributed by atoms with van der Waals surface area (Å²) >= 11 is 0. The van der Waals surface area contributed by atoms with Crippen LogP contribution >= 0.6 is 0 Å². The van der Waals surface area contributed by atoms with Crippen LogP contribution in [0, 0.1) is 16.7 Å². The summed E-state index contributed by atoms with van der Waals surface area (Å²) in [5.74, 6) is 0. The quantitative estimate of drug-likeness (QED) is 0.784. The average molecular weight is 349 g/mol. The molecule has 0 saturated carbocycles. The zero-order valence-corrected chi connectivity index (χ0v) is 13.9. The Labute approximate surface area is 143 Å². The summed E-state index contributed by atoms with van der Waals surface area (Å²) in [6.07, 6.45) is -2.92. The van der Waals surface area contributed by atoms with Crippen LogP contribution in [-0.2, 0) is 6.18 Å². The summed E-state index contributed by atoms with van der Waals surface area (Å²) in [4.78, 5) is 13.8. The fraction of sp³-hybridized carbons (Fsp3) is 0.278. The maximum Gasteiger partial charge on any atom is 0.417 e. The molecule has 4 nitrogen and oxygen atoms in total. The normalized spacial score (nSPS) is 10.4. The van der Waals surface area contributed by atoms with Gasteiger partial charge in [-0.1, -0.05) is 44.2 Å². The first-order chi connectivity index (χ1) is 11.7. The first-order valence-corrected chi connectivity index (χ1v) is 7.60. The van der Waals surface area contributed by atoms with Crippen molar-refractivity contribution in [2.75, 3.05) is 0 Å². The Morgan fingerprint density at radius 3 is 2.16 bits per heavy atom. The number of pyridine rings is 1. The zero-order chi connectivity index (χ0) is 19.0. The molecule has 1 heterocycles. The SMILES string of the molecule is CCC(=N)CC.N#Cc1c(C(F)(F)F)cc(-c2ccccc2)[nH]c1=O. The Bertz CT molecular complexity index is 812. The Hall–Kier alpha value is -2.88. The van der Waals surface area contributed by atoms with Crippen LogP contribution in [-0.4, -0.2) is 10.7 Å². The van der Waals surface area contributed by atoms with Crippen LogP contribution in [0.25, 0.3) is 11.3 Å². The molecule has 0 atom stereocenters. The van der Waals surface area contributed by atoms with Crippen molar-refractivity contribution in [2.24, 2.45) is 0 Å². The lowest BCUT2D eigenvalue weighted by atomic mass is 10.1. The number of nitriles is 1. The molecule has 2 aromatic rings. The predicted molar refractivity (Wildman–Crippen MR) is 90.5 cm³/mol. The van der Waals surface area contributed by atoms with Crippen LogP contribution in [0.15, 0.2) is 41.2 Å². The third kappa shape index (κ3) is 5.60. The van der Waals surface area contributed by atoms with Crippen molar-refractivity contribution < 1.29 is 13.2 Å². The number of hydrogen-bond acceptors (Lipinski definition) is 3. The van der Waals surface area contributed by atoms with Crippen LogP contribution in [0.5, 0.6) is 0 Å². The van der Waals surface area contributed by atoms with Gasteiger partial charge < -0.3 is 10.4 Å². The van der Waals surface area contributed by atoms with E-state index >= 15 is 0 Å². The molecular weight excluding hydrogens is 331 g/mol. The Morgan fingerprint density at radius 1 is 1.20 bits per heavy atom. The monoisotopic (exact) mass is 349 g/mol. The number of alkyl halides is 3. The molecule has 1 aromatic heterocycles. The van der Waals surface area contributed by atoms with E-state index in [0.29, 0.717) is 5.56 Å². The smallest absolute Gasteiger partial charge is 0.321 e. The first-order valence-electron chi connectivity index (χ1n) is 7.60. The van der Waals surface area contributed by atoms with Gasteiger partial charge in [-0.05, 0) is 24.5 Å². The van der Waals surface area contributed by atoms with Crippen molar-refractivity contribution >= 4 is 5.71 Å². The minimum atomic E-state index is -4.75. The van der Waals surface area contributed by atoms with Crippen LogP contribution in [0.1, 0.15) is 37.8 Å². The Morgan fingerprint density at radius 2 is 1.76 bits per heavy atom. The van der Waals surface area contributed by atoms with Gasteiger partial charge in [0.1, 0.15) is 11.6 Å². The summed E-state index contributed by atoms with van der Waals surface area (Å²) in [5, 5.41) is 15.6. The van der Waals surface area contributed by atoms with Crippen LogP contribution < -0.4 is 5.56 Å². The molecule has 0 unspecified atom stereocenters. The highest BCUT2D eigenvalue weighted by molar-refractivity contribution is 5.80. The molecule has 132 valence electrons. The van der Waals surface area contributed by atoms with Gasteiger partial charge in [0, 0.05) is 11.4 Å². The number of H-pyrrole nitrogens is 1. The van der Waals surface area contributed by atoms with Crippen LogP contribution in [0.4, 0.5) is 13.2 Å². The molecule has 25 heavy (non-hydrogen) atoms. The van der Waals surface area contributed by atoms with Crippen molar-refractivity contribution in [1.29, 1.82) is 10.7 Å². The van der Waals surface area contributed by atoms with Crippen LogP contribution in [0.3, 0.4) is 0 Å². The van der Waals surface area contributed by atoms with Crippen molar-refractivity contribution in [3.05, 3.63) is 57.9 Å².